The Labute approximate surface area is 132 Å². The van der Waals surface area contributed by atoms with Gasteiger partial charge in [-0.25, -0.2) is 4.79 Å². The van der Waals surface area contributed by atoms with Crippen LogP contribution >= 0.6 is 23.5 Å². The highest BCUT2D eigenvalue weighted by Gasteiger charge is 2.44. The Balaban J connectivity index is 1.89. The highest BCUT2D eigenvalue weighted by molar-refractivity contribution is 8.00. The Morgan fingerprint density at radius 1 is 1.33 bits per heavy atom. The predicted octanol–water partition coefficient (Wildman–Crippen LogP) is 2.64. The zero-order valence-electron chi connectivity index (χ0n) is 11.7. The Bertz CT molecular complexity index is 578. The van der Waals surface area contributed by atoms with Gasteiger partial charge in [-0.05, 0) is 18.1 Å². The van der Waals surface area contributed by atoms with Gasteiger partial charge in [0, 0.05) is 16.4 Å². The molecule has 1 saturated heterocycles. The summed E-state index contributed by atoms with van der Waals surface area (Å²) in [6, 6.07) is 7.23. The molecule has 1 fully saturated rings. The molecule has 0 radical (unpaired) electrons. The number of carboxylic acid groups (broad SMARTS) is 1. The van der Waals surface area contributed by atoms with E-state index in [4.69, 9.17) is 0 Å². The molecule has 2 aliphatic rings. The van der Waals surface area contributed by atoms with Crippen molar-refractivity contribution in [1.29, 1.82) is 0 Å². The van der Waals surface area contributed by atoms with Crippen molar-refractivity contribution >= 4 is 35.4 Å². The van der Waals surface area contributed by atoms with Gasteiger partial charge in [-0.15, -0.1) is 23.5 Å². The third kappa shape index (κ3) is 2.55. The fourth-order valence-corrected chi connectivity index (χ4v) is 5.49. The average molecular weight is 323 g/mol. The summed E-state index contributed by atoms with van der Waals surface area (Å²) in [5.74, 6) is 0.0617. The number of carbonyl (C=O) groups excluding carboxylic acids is 1. The van der Waals surface area contributed by atoms with Crippen molar-refractivity contribution < 1.29 is 14.7 Å². The molecule has 1 N–H and O–H groups in total. The molecule has 0 bridgehead atoms. The van der Waals surface area contributed by atoms with Crippen molar-refractivity contribution in [3.63, 3.8) is 0 Å². The first kappa shape index (κ1) is 14.8. The third-order valence-corrected chi connectivity index (χ3v) is 6.62. The quantitative estimate of drug-likeness (QED) is 0.927. The van der Waals surface area contributed by atoms with Crippen LogP contribution in [0.2, 0.25) is 0 Å². The number of nitrogens with zero attached hydrogens (tertiary/aromatic N) is 1. The molecule has 0 saturated carbocycles. The van der Waals surface area contributed by atoms with E-state index in [2.05, 4.69) is 0 Å². The lowest BCUT2D eigenvalue weighted by molar-refractivity contribution is -0.149. The highest BCUT2D eigenvalue weighted by atomic mass is 32.2. The molecule has 3 rings (SSSR count). The van der Waals surface area contributed by atoms with Crippen LogP contribution in [-0.4, -0.2) is 44.8 Å². The predicted molar refractivity (Wildman–Crippen MR) is 84.7 cm³/mol. The van der Waals surface area contributed by atoms with Crippen LogP contribution in [0.1, 0.15) is 24.8 Å². The molecule has 1 aromatic rings. The second-order valence-electron chi connectivity index (χ2n) is 5.20. The smallest absolute Gasteiger partial charge is 0.327 e. The molecule has 4 nitrogen and oxygen atoms in total. The largest absolute Gasteiger partial charge is 0.480 e. The lowest BCUT2D eigenvalue weighted by Gasteiger charge is -2.29. The maximum Gasteiger partial charge on any atom is 0.327 e. The summed E-state index contributed by atoms with van der Waals surface area (Å²) >= 11 is 3.25. The summed E-state index contributed by atoms with van der Waals surface area (Å²) in [4.78, 5) is 27.1. The van der Waals surface area contributed by atoms with E-state index in [9.17, 15) is 14.7 Å². The van der Waals surface area contributed by atoms with Gasteiger partial charge >= 0.3 is 5.97 Å². The third-order valence-electron chi connectivity index (χ3n) is 3.98. The monoisotopic (exact) mass is 323 g/mol. The molecule has 3 atom stereocenters. The van der Waals surface area contributed by atoms with Gasteiger partial charge in [-0.3, -0.25) is 4.79 Å². The van der Waals surface area contributed by atoms with Gasteiger partial charge < -0.3 is 10.0 Å². The second kappa shape index (κ2) is 5.93. The number of carbonyl (C=O) groups is 2. The first-order chi connectivity index (χ1) is 10.1. The fraction of sp³-hybridized carbons (Fsp3) is 0.467. The molecule has 0 aromatic heterocycles. The number of benzene rings is 1. The second-order valence-corrected chi connectivity index (χ2v) is 7.47. The minimum atomic E-state index is -0.897. The van der Waals surface area contributed by atoms with Crippen molar-refractivity contribution in [2.45, 2.75) is 35.6 Å². The van der Waals surface area contributed by atoms with Crippen molar-refractivity contribution in [3.8, 4) is 0 Å². The van der Waals surface area contributed by atoms with Gasteiger partial charge in [0.2, 0.25) is 5.91 Å². The Hall–Kier alpha value is -1.14. The van der Waals surface area contributed by atoms with Crippen molar-refractivity contribution in [2.24, 2.45) is 0 Å². The zero-order valence-corrected chi connectivity index (χ0v) is 13.3. The molecule has 3 unspecified atom stereocenters. The van der Waals surface area contributed by atoms with E-state index in [-0.39, 0.29) is 17.2 Å². The molecule has 112 valence electrons. The van der Waals surface area contributed by atoms with Gasteiger partial charge in [0.25, 0.3) is 0 Å². The lowest BCUT2D eigenvalue weighted by atomic mass is 9.99. The van der Waals surface area contributed by atoms with Gasteiger partial charge in [0.1, 0.15) is 6.04 Å². The van der Waals surface area contributed by atoms with Gasteiger partial charge in [-0.2, -0.15) is 0 Å². The van der Waals surface area contributed by atoms with E-state index in [1.807, 2.05) is 31.2 Å². The topological polar surface area (TPSA) is 57.6 Å². The number of hydrogen-bond acceptors (Lipinski definition) is 4. The Morgan fingerprint density at radius 3 is 2.81 bits per heavy atom. The molecular formula is C15H17NO3S2. The molecule has 2 aliphatic heterocycles. The SMILES string of the molecule is CCC1SCC(C(=O)O)N1C(=O)C1CSc2ccccc21. The number of aliphatic carboxylic acids is 1. The van der Waals surface area contributed by atoms with Crippen LogP contribution in [0.4, 0.5) is 0 Å². The van der Waals surface area contributed by atoms with Crippen LogP contribution < -0.4 is 0 Å². The van der Waals surface area contributed by atoms with Crippen LogP contribution in [0.25, 0.3) is 0 Å². The van der Waals surface area contributed by atoms with E-state index in [0.717, 1.165) is 16.9 Å². The summed E-state index contributed by atoms with van der Waals surface area (Å²) in [7, 11) is 0. The highest BCUT2D eigenvalue weighted by Crippen LogP contribution is 2.42. The van der Waals surface area contributed by atoms with Gasteiger partial charge in [0.05, 0.1) is 11.3 Å². The number of thioether (sulfide) groups is 2. The van der Waals surface area contributed by atoms with Gasteiger partial charge in [-0.1, -0.05) is 25.1 Å². The molecule has 21 heavy (non-hydrogen) atoms. The fourth-order valence-electron chi connectivity index (χ4n) is 2.91. The molecule has 0 spiro atoms. The standard InChI is InChI=1S/C15H17NO3S2/c1-2-13-16(11(8-21-13)15(18)19)14(17)10-7-20-12-6-4-3-5-9(10)12/h3-6,10-11,13H,2,7-8H2,1H3,(H,18,19). The van der Waals surface area contributed by atoms with Crippen LogP contribution in [-0.2, 0) is 9.59 Å². The van der Waals surface area contributed by atoms with Crippen LogP contribution in [0.5, 0.6) is 0 Å². The number of amides is 1. The first-order valence-corrected chi connectivity index (χ1v) is 9.05. The van der Waals surface area contributed by atoms with Crippen molar-refractivity contribution in [2.75, 3.05) is 11.5 Å². The number of rotatable bonds is 3. The van der Waals surface area contributed by atoms with E-state index in [1.54, 1.807) is 28.4 Å². The van der Waals surface area contributed by atoms with E-state index in [0.29, 0.717) is 11.5 Å². The van der Waals surface area contributed by atoms with Crippen LogP contribution in [0.15, 0.2) is 29.2 Å². The molecule has 2 heterocycles. The Morgan fingerprint density at radius 2 is 2.10 bits per heavy atom. The van der Waals surface area contributed by atoms with Crippen molar-refractivity contribution in [3.05, 3.63) is 29.8 Å². The summed E-state index contributed by atoms with van der Waals surface area (Å²) in [5.41, 5.74) is 1.04. The maximum atomic E-state index is 12.9. The number of carboxylic acids is 1. The zero-order chi connectivity index (χ0) is 15.0. The molecule has 0 aliphatic carbocycles. The van der Waals surface area contributed by atoms with E-state index >= 15 is 0 Å². The van der Waals surface area contributed by atoms with Crippen molar-refractivity contribution in [1.82, 2.24) is 4.90 Å². The number of fused-ring (bicyclic) bond motifs is 1. The normalized spacial score (nSPS) is 27.7. The van der Waals surface area contributed by atoms with Crippen LogP contribution in [0.3, 0.4) is 0 Å². The summed E-state index contributed by atoms with van der Waals surface area (Å²) < 4.78 is 0. The molecular weight excluding hydrogens is 306 g/mol. The maximum absolute atomic E-state index is 12.9. The molecule has 1 aromatic carbocycles. The average Bonchev–Trinajstić information content (AvgIpc) is 3.10. The summed E-state index contributed by atoms with van der Waals surface area (Å²) in [6.45, 7) is 2.00. The molecule has 6 heteroatoms. The minimum absolute atomic E-state index is 0.0173. The van der Waals surface area contributed by atoms with E-state index < -0.39 is 12.0 Å². The Kier molecular flexibility index (Phi) is 4.17. The first-order valence-electron chi connectivity index (χ1n) is 7.01. The lowest BCUT2D eigenvalue weighted by Crippen LogP contribution is -2.47. The van der Waals surface area contributed by atoms with Crippen LogP contribution in [0, 0.1) is 0 Å². The van der Waals surface area contributed by atoms with Gasteiger partial charge in [0.15, 0.2) is 0 Å². The van der Waals surface area contributed by atoms with E-state index in [1.165, 1.54) is 0 Å². The number of hydrogen-bond donors (Lipinski definition) is 1. The summed E-state index contributed by atoms with van der Waals surface area (Å²) in [6.07, 6.45) is 0.779. The minimum Gasteiger partial charge on any atom is -0.480 e. The molecule has 1 amide bonds. The summed E-state index contributed by atoms with van der Waals surface area (Å²) in [5, 5.41) is 9.35.